The van der Waals surface area contributed by atoms with E-state index in [0.29, 0.717) is 11.2 Å². The van der Waals surface area contributed by atoms with Crippen molar-refractivity contribution in [2.24, 2.45) is 5.92 Å². The first-order valence-corrected chi connectivity index (χ1v) is 7.35. The van der Waals surface area contributed by atoms with Crippen LogP contribution in [0.25, 0.3) is 10.2 Å². The lowest BCUT2D eigenvalue weighted by Crippen LogP contribution is -2.24. The Balaban J connectivity index is 2.42. The Labute approximate surface area is 117 Å². The predicted octanol–water partition coefficient (Wildman–Crippen LogP) is 4.14. The van der Waals surface area contributed by atoms with Gasteiger partial charge in [-0.1, -0.05) is 20.3 Å². The third kappa shape index (κ3) is 2.75. The van der Waals surface area contributed by atoms with Gasteiger partial charge >= 0.3 is 0 Å². The number of nitrogens with zero attached hydrogens (tertiary/aromatic N) is 3. The Morgan fingerprint density at radius 1 is 1.44 bits per heavy atom. The van der Waals surface area contributed by atoms with Crippen LogP contribution < -0.4 is 4.90 Å². The molecule has 0 saturated heterocycles. The largest absolute Gasteiger partial charge is 0.359 e. The van der Waals surface area contributed by atoms with E-state index in [9.17, 15) is 0 Å². The van der Waals surface area contributed by atoms with Crippen LogP contribution in [0.3, 0.4) is 0 Å². The van der Waals surface area contributed by atoms with Crippen LogP contribution in [0.2, 0.25) is 5.28 Å². The molecule has 2 rings (SSSR count). The number of thiophene rings is 1. The van der Waals surface area contributed by atoms with Gasteiger partial charge in [-0.05, 0) is 30.5 Å². The third-order valence-corrected chi connectivity index (χ3v) is 4.23. The van der Waals surface area contributed by atoms with Crippen molar-refractivity contribution in [2.45, 2.75) is 27.2 Å². The molecule has 0 aliphatic rings. The summed E-state index contributed by atoms with van der Waals surface area (Å²) in [7, 11) is 2.07. The number of aryl methyl sites for hydroxylation is 1. The van der Waals surface area contributed by atoms with Crippen molar-refractivity contribution in [3.63, 3.8) is 0 Å². The summed E-state index contributed by atoms with van der Waals surface area (Å²) in [5.74, 6) is 1.58. The minimum atomic E-state index is 0.329. The molecule has 0 aromatic carbocycles. The van der Waals surface area contributed by atoms with Gasteiger partial charge in [0.25, 0.3) is 0 Å². The molecule has 0 fully saturated rings. The van der Waals surface area contributed by atoms with Crippen molar-refractivity contribution >= 4 is 39.0 Å². The molecular weight excluding hydrogens is 266 g/mol. The highest BCUT2D eigenvalue weighted by atomic mass is 35.5. The summed E-state index contributed by atoms with van der Waals surface area (Å²) in [6.07, 6.45) is 1.16. The zero-order chi connectivity index (χ0) is 13.3. The molecular formula is C13H18ClN3S. The van der Waals surface area contributed by atoms with E-state index in [0.717, 1.165) is 29.0 Å². The molecule has 3 nitrogen and oxygen atoms in total. The van der Waals surface area contributed by atoms with Crippen LogP contribution in [0.15, 0.2) is 6.07 Å². The van der Waals surface area contributed by atoms with Crippen molar-refractivity contribution in [2.75, 3.05) is 18.5 Å². The van der Waals surface area contributed by atoms with E-state index in [1.807, 2.05) is 0 Å². The highest BCUT2D eigenvalue weighted by Crippen LogP contribution is 2.31. The normalized spacial score (nSPS) is 12.9. The molecule has 2 aromatic rings. The Morgan fingerprint density at radius 3 is 2.83 bits per heavy atom. The van der Waals surface area contributed by atoms with Crippen LogP contribution in [-0.2, 0) is 0 Å². The number of anilines is 1. The number of fused-ring (bicyclic) bond motifs is 1. The Bertz CT molecular complexity index is 552. The first kappa shape index (κ1) is 13.6. The van der Waals surface area contributed by atoms with Crippen molar-refractivity contribution in [3.8, 4) is 0 Å². The van der Waals surface area contributed by atoms with Gasteiger partial charge in [-0.25, -0.2) is 4.98 Å². The van der Waals surface area contributed by atoms with Gasteiger partial charge in [-0.3, -0.25) is 0 Å². The number of rotatable bonds is 4. The Kier molecular flexibility index (Phi) is 4.07. The number of aromatic nitrogens is 2. The van der Waals surface area contributed by atoms with E-state index in [-0.39, 0.29) is 0 Å². The summed E-state index contributed by atoms with van der Waals surface area (Å²) in [5.41, 5.74) is 0. The summed E-state index contributed by atoms with van der Waals surface area (Å²) >= 11 is 7.67. The SMILES string of the molecule is CCC(C)CN(C)c1nc(Cl)nc2sc(C)cc12. The second-order valence-corrected chi connectivity index (χ2v) is 6.36. The lowest BCUT2D eigenvalue weighted by atomic mass is 10.1. The summed E-state index contributed by atoms with van der Waals surface area (Å²) in [6, 6.07) is 2.14. The molecule has 0 bridgehead atoms. The molecule has 0 spiro atoms. The van der Waals surface area contributed by atoms with Crippen LogP contribution in [-0.4, -0.2) is 23.6 Å². The summed E-state index contributed by atoms with van der Waals surface area (Å²) in [6.45, 7) is 7.51. The predicted molar refractivity (Wildman–Crippen MR) is 79.9 cm³/mol. The highest BCUT2D eigenvalue weighted by molar-refractivity contribution is 7.18. The zero-order valence-corrected chi connectivity index (χ0v) is 12.8. The topological polar surface area (TPSA) is 29.0 Å². The molecule has 2 aromatic heterocycles. The number of hydrogen-bond donors (Lipinski definition) is 0. The monoisotopic (exact) mass is 283 g/mol. The summed E-state index contributed by atoms with van der Waals surface area (Å²) in [5, 5.41) is 1.43. The highest BCUT2D eigenvalue weighted by Gasteiger charge is 2.14. The minimum Gasteiger partial charge on any atom is -0.359 e. The Hall–Kier alpha value is -0.870. The fraction of sp³-hybridized carbons (Fsp3) is 0.538. The van der Waals surface area contributed by atoms with Gasteiger partial charge in [0.05, 0.1) is 5.39 Å². The van der Waals surface area contributed by atoms with E-state index in [4.69, 9.17) is 11.6 Å². The average molecular weight is 284 g/mol. The molecule has 2 heterocycles. The first-order chi connectivity index (χ1) is 8.51. The second-order valence-electron chi connectivity index (χ2n) is 4.79. The third-order valence-electron chi connectivity index (χ3n) is 3.11. The van der Waals surface area contributed by atoms with Gasteiger partial charge in [0.15, 0.2) is 0 Å². The fourth-order valence-electron chi connectivity index (χ4n) is 1.98. The summed E-state index contributed by atoms with van der Waals surface area (Å²) < 4.78 is 0. The van der Waals surface area contributed by atoms with E-state index < -0.39 is 0 Å². The molecule has 1 atom stereocenters. The van der Waals surface area contributed by atoms with Crippen molar-refractivity contribution in [3.05, 3.63) is 16.2 Å². The molecule has 5 heteroatoms. The average Bonchev–Trinajstić information content (AvgIpc) is 2.67. The Morgan fingerprint density at radius 2 is 2.17 bits per heavy atom. The van der Waals surface area contributed by atoms with Gasteiger partial charge < -0.3 is 4.90 Å². The quantitative estimate of drug-likeness (QED) is 0.790. The summed E-state index contributed by atoms with van der Waals surface area (Å²) in [4.78, 5) is 13.1. The molecule has 0 saturated carbocycles. The lowest BCUT2D eigenvalue weighted by molar-refractivity contribution is 0.558. The van der Waals surface area contributed by atoms with Gasteiger partial charge in [0, 0.05) is 18.5 Å². The van der Waals surface area contributed by atoms with Gasteiger partial charge in [-0.15, -0.1) is 11.3 Å². The van der Waals surface area contributed by atoms with Gasteiger partial charge in [0.2, 0.25) is 5.28 Å². The fourth-order valence-corrected chi connectivity index (χ4v) is 3.06. The van der Waals surface area contributed by atoms with Gasteiger partial charge in [0.1, 0.15) is 10.6 Å². The standard InChI is InChI=1S/C13H18ClN3S/c1-5-8(2)7-17(4)11-10-6-9(3)18-12(10)16-13(14)15-11/h6,8H,5,7H2,1-4H3. The van der Waals surface area contributed by atoms with E-state index in [1.54, 1.807) is 11.3 Å². The second kappa shape index (κ2) is 5.41. The van der Waals surface area contributed by atoms with Crippen LogP contribution in [0, 0.1) is 12.8 Å². The molecule has 0 N–H and O–H groups in total. The van der Waals surface area contributed by atoms with Crippen molar-refractivity contribution in [1.82, 2.24) is 9.97 Å². The van der Waals surface area contributed by atoms with Crippen LogP contribution >= 0.6 is 22.9 Å². The molecule has 1 unspecified atom stereocenters. The van der Waals surface area contributed by atoms with Crippen LogP contribution in [0.4, 0.5) is 5.82 Å². The first-order valence-electron chi connectivity index (χ1n) is 6.16. The van der Waals surface area contributed by atoms with Crippen molar-refractivity contribution < 1.29 is 0 Å². The maximum atomic E-state index is 6.01. The van der Waals surface area contributed by atoms with E-state index in [1.165, 1.54) is 4.88 Å². The van der Waals surface area contributed by atoms with Crippen LogP contribution in [0.1, 0.15) is 25.1 Å². The number of hydrogen-bond acceptors (Lipinski definition) is 4. The zero-order valence-electron chi connectivity index (χ0n) is 11.2. The molecule has 98 valence electrons. The number of halogens is 1. The van der Waals surface area contributed by atoms with Crippen LogP contribution in [0.5, 0.6) is 0 Å². The smallest absolute Gasteiger partial charge is 0.225 e. The van der Waals surface area contributed by atoms with Gasteiger partial charge in [-0.2, -0.15) is 4.98 Å². The van der Waals surface area contributed by atoms with Crippen molar-refractivity contribution in [1.29, 1.82) is 0 Å². The molecule has 0 radical (unpaired) electrons. The molecule has 18 heavy (non-hydrogen) atoms. The molecule has 0 aliphatic heterocycles. The van der Waals surface area contributed by atoms with E-state index >= 15 is 0 Å². The minimum absolute atomic E-state index is 0.329. The maximum absolute atomic E-state index is 6.01. The van der Waals surface area contributed by atoms with E-state index in [2.05, 4.69) is 48.8 Å². The maximum Gasteiger partial charge on any atom is 0.225 e. The lowest BCUT2D eigenvalue weighted by Gasteiger charge is -2.22. The molecule has 0 aliphatic carbocycles. The molecule has 0 amide bonds.